The van der Waals surface area contributed by atoms with Gasteiger partial charge < -0.3 is 14.5 Å². The maximum atomic E-state index is 12.7. The molecular weight excluding hydrogens is 406 g/mol. The Hall–Kier alpha value is -2.31. The van der Waals surface area contributed by atoms with Crippen molar-refractivity contribution in [2.24, 2.45) is 0 Å². The first-order valence-corrected chi connectivity index (χ1v) is 10.9. The van der Waals surface area contributed by atoms with Crippen molar-refractivity contribution in [3.05, 3.63) is 52.0 Å². The summed E-state index contributed by atoms with van der Waals surface area (Å²) in [5.74, 6) is 0.913. The molecule has 0 atom stereocenters. The average Bonchev–Trinajstić information content (AvgIpc) is 3.18. The lowest BCUT2D eigenvalue weighted by molar-refractivity contribution is -0.130. The smallest absolute Gasteiger partial charge is 0.227 e. The molecule has 0 aliphatic carbocycles. The van der Waals surface area contributed by atoms with Crippen LogP contribution in [0.15, 0.2) is 30.3 Å². The number of thiazole rings is 1. The number of aryl methyl sites for hydroxylation is 2. The molecule has 152 valence electrons. The van der Waals surface area contributed by atoms with Gasteiger partial charge >= 0.3 is 0 Å². The Bertz CT molecular complexity index is 1060. The lowest BCUT2D eigenvalue weighted by Gasteiger charge is -2.34. The minimum absolute atomic E-state index is 0.182. The highest BCUT2D eigenvalue weighted by molar-refractivity contribution is 7.22. The van der Waals surface area contributed by atoms with Crippen LogP contribution in [0.5, 0.6) is 5.75 Å². The maximum Gasteiger partial charge on any atom is 0.227 e. The Morgan fingerprint density at radius 2 is 1.90 bits per heavy atom. The van der Waals surface area contributed by atoms with Crippen molar-refractivity contribution in [3.63, 3.8) is 0 Å². The summed E-state index contributed by atoms with van der Waals surface area (Å²) in [5.41, 5.74) is 4.36. The van der Waals surface area contributed by atoms with Crippen molar-refractivity contribution in [2.75, 3.05) is 38.2 Å². The van der Waals surface area contributed by atoms with Crippen LogP contribution in [0.4, 0.5) is 5.13 Å². The van der Waals surface area contributed by atoms with Gasteiger partial charge in [-0.3, -0.25) is 4.79 Å². The summed E-state index contributed by atoms with van der Waals surface area (Å²) in [6, 6.07) is 9.94. The molecule has 0 saturated carbocycles. The van der Waals surface area contributed by atoms with E-state index in [4.69, 9.17) is 21.3 Å². The molecule has 0 unspecified atom stereocenters. The van der Waals surface area contributed by atoms with Crippen molar-refractivity contribution in [1.29, 1.82) is 0 Å². The van der Waals surface area contributed by atoms with Crippen molar-refractivity contribution in [3.8, 4) is 5.75 Å². The molecule has 1 fully saturated rings. The van der Waals surface area contributed by atoms with Crippen LogP contribution in [0.3, 0.4) is 0 Å². The van der Waals surface area contributed by atoms with Gasteiger partial charge in [0.2, 0.25) is 5.91 Å². The minimum Gasteiger partial charge on any atom is -0.494 e. The summed E-state index contributed by atoms with van der Waals surface area (Å²) in [7, 11) is 1.64. The fourth-order valence-electron chi connectivity index (χ4n) is 3.59. The van der Waals surface area contributed by atoms with Crippen molar-refractivity contribution < 1.29 is 9.53 Å². The first-order chi connectivity index (χ1) is 14.0. The molecule has 5 nitrogen and oxygen atoms in total. The molecule has 2 aromatic carbocycles. The number of piperazine rings is 1. The zero-order chi connectivity index (χ0) is 20.5. The number of carbonyl (C=O) groups is 1. The van der Waals surface area contributed by atoms with Gasteiger partial charge in [-0.05, 0) is 42.7 Å². The van der Waals surface area contributed by atoms with Gasteiger partial charge in [0, 0.05) is 26.2 Å². The molecule has 3 aromatic rings. The summed E-state index contributed by atoms with van der Waals surface area (Å²) >= 11 is 7.92. The number of ether oxygens (including phenoxy) is 1. The van der Waals surface area contributed by atoms with E-state index in [1.54, 1.807) is 18.4 Å². The third-order valence-electron chi connectivity index (χ3n) is 5.50. The minimum atomic E-state index is 0.182. The molecule has 29 heavy (non-hydrogen) atoms. The molecule has 1 aliphatic rings. The number of benzene rings is 2. The van der Waals surface area contributed by atoms with Crippen molar-refractivity contribution in [2.45, 2.75) is 20.3 Å². The van der Waals surface area contributed by atoms with E-state index in [0.717, 1.165) is 39.8 Å². The van der Waals surface area contributed by atoms with Crippen molar-refractivity contribution in [1.82, 2.24) is 9.88 Å². The summed E-state index contributed by atoms with van der Waals surface area (Å²) in [5, 5.41) is 1.61. The van der Waals surface area contributed by atoms with E-state index in [9.17, 15) is 4.79 Å². The Kier molecular flexibility index (Phi) is 5.65. The van der Waals surface area contributed by atoms with Gasteiger partial charge in [-0.2, -0.15) is 0 Å². The number of aromatic nitrogens is 1. The van der Waals surface area contributed by atoms with Crippen LogP contribution < -0.4 is 9.64 Å². The highest BCUT2D eigenvalue weighted by Gasteiger charge is 2.24. The molecule has 0 radical (unpaired) electrons. The van der Waals surface area contributed by atoms with Crippen LogP contribution >= 0.6 is 22.9 Å². The normalized spacial score (nSPS) is 14.5. The number of hydrogen-bond donors (Lipinski definition) is 0. The molecule has 1 amide bonds. The molecule has 0 spiro atoms. The van der Waals surface area contributed by atoms with Crippen LogP contribution in [0.1, 0.15) is 16.7 Å². The van der Waals surface area contributed by atoms with Gasteiger partial charge in [-0.1, -0.05) is 41.1 Å². The van der Waals surface area contributed by atoms with Gasteiger partial charge in [0.15, 0.2) is 5.13 Å². The topological polar surface area (TPSA) is 45.7 Å². The number of anilines is 1. The third kappa shape index (κ3) is 4.05. The van der Waals surface area contributed by atoms with Gasteiger partial charge in [-0.15, -0.1) is 0 Å². The molecule has 2 heterocycles. The summed E-state index contributed by atoms with van der Waals surface area (Å²) < 4.78 is 6.36. The van der Waals surface area contributed by atoms with E-state index in [2.05, 4.69) is 36.9 Å². The monoisotopic (exact) mass is 429 g/mol. The fraction of sp³-hybridized carbons (Fsp3) is 0.364. The molecular formula is C22H24ClN3O2S. The molecule has 0 bridgehead atoms. The number of nitrogens with zero attached hydrogens (tertiary/aromatic N) is 3. The maximum absolute atomic E-state index is 12.7. The van der Waals surface area contributed by atoms with E-state index < -0.39 is 0 Å². The Morgan fingerprint density at radius 3 is 2.59 bits per heavy atom. The number of fused-ring (bicyclic) bond motifs is 1. The van der Waals surface area contributed by atoms with Crippen LogP contribution in [0.2, 0.25) is 5.02 Å². The molecule has 1 saturated heterocycles. The second-order valence-corrected chi connectivity index (χ2v) is 8.77. The highest BCUT2D eigenvalue weighted by atomic mass is 35.5. The van der Waals surface area contributed by atoms with Crippen LogP contribution in [0, 0.1) is 13.8 Å². The van der Waals surface area contributed by atoms with Gasteiger partial charge in [0.1, 0.15) is 11.3 Å². The van der Waals surface area contributed by atoms with E-state index in [1.807, 2.05) is 17.0 Å². The van der Waals surface area contributed by atoms with Gasteiger partial charge in [0.25, 0.3) is 0 Å². The number of methoxy groups -OCH3 is 1. The summed E-state index contributed by atoms with van der Waals surface area (Å²) in [6.45, 7) is 7.10. The fourth-order valence-corrected chi connectivity index (χ4v) is 4.90. The second-order valence-electron chi connectivity index (χ2n) is 7.39. The Labute approximate surface area is 179 Å². The Morgan fingerprint density at radius 1 is 1.14 bits per heavy atom. The highest BCUT2D eigenvalue weighted by Crippen LogP contribution is 2.38. The van der Waals surface area contributed by atoms with E-state index in [1.165, 1.54) is 11.1 Å². The summed E-state index contributed by atoms with van der Waals surface area (Å²) in [4.78, 5) is 21.7. The van der Waals surface area contributed by atoms with Gasteiger partial charge in [0.05, 0.1) is 23.3 Å². The first kappa shape index (κ1) is 20.0. The molecule has 4 rings (SSSR count). The zero-order valence-corrected chi connectivity index (χ0v) is 18.4. The largest absolute Gasteiger partial charge is 0.494 e. The zero-order valence-electron chi connectivity index (χ0n) is 16.9. The number of hydrogen-bond acceptors (Lipinski definition) is 5. The Balaban J connectivity index is 1.42. The number of rotatable bonds is 4. The SMILES string of the molecule is COc1ccc(Cl)c2sc(N3CCN(C(=O)Cc4ccc(C)c(C)c4)CC3)nc12. The van der Waals surface area contributed by atoms with E-state index in [0.29, 0.717) is 24.5 Å². The van der Waals surface area contributed by atoms with Crippen LogP contribution in [-0.2, 0) is 11.2 Å². The van der Waals surface area contributed by atoms with Crippen molar-refractivity contribution >= 4 is 44.2 Å². The number of halogens is 1. The average molecular weight is 430 g/mol. The van der Waals surface area contributed by atoms with E-state index in [-0.39, 0.29) is 5.91 Å². The molecule has 1 aromatic heterocycles. The number of amides is 1. The van der Waals surface area contributed by atoms with E-state index >= 15 is 0 Å². The first-order valence-electron chi connectivity index (χ1n) is 9.68. The predicted molar refractivity (Wildman–Crippen MR) is 120 cm³/mol. The molecule has 1 aliphatic heterocycles. The quantitative estimate of drug-likeness (QED) is 0.614. The predicted octanol–water partition coefficient (Wildman–Crippen LogP) is 4.47. The standard InChI is InChI=1S/C22H24ClN3O2S/c1-14-4-5-16(12-15(14)2)13-19(27)25-8-10-26(11-9-25)22-24-20-18(28-3)7-6-17(23)21(20)29-22/h4-7,12H,8-11,13H2,1-3H3. The summed E-state index contributed by atoms with van der Waals surface area (Å²) in [6.07, 6.45) is 0.453. The lowest BCUT2D eigenvalue weighted by Crippen LogP contribution is -2.49. The van der Waals surface area contributed by atoms with Crippen LogP contribution in [0.25, 0.3) is 10.2 Å². The molecule has 0 N–H and O–H groups in total. The second kappa shape index (κ2) is 8.20. The lowest BCUT2D eigenvalue weighted by atomic mass is 10.0. The van der Waals surface area contributed by atoms with Gasteiger partial charge in [-0.25, -0.2) is 4.98 Å². The molecule has 7 heteroatoms. The third-order valence-corrected chi connectivity index (χ3v) is 7.07. The van der Waals surface area contributed by atoms with Crippen LogP contribution in [-0.4, -0.2) is 49.1 Å². The number of carbonyl (C=O) groups excluding carboxylic acids is 1.